The summed E-state index contributed by atoms with van der Waals surface area (Å²) in [5, 5.41) is 15.1. The van der Waals surface area contributed by atoms with Crippen LogP contribution < -0.4 is 4.90 Å². The first-order valence-electron chi connectivity index (χ1n) is 13.2. The summed E-state index contributed by atoms with van der Waals surface area (Å²) >= 11 is 0. The number of terminal acetylenes is 1. The van der Waals surface area contributed by atoms with Crippen molar-refractivity contribution in [1.82, 2.24) is 29.5 Å². The molecule has 39 heavy (non-hydrogen) atoms. The van der Waals surface area contributed by atoms with E-state index in [-0.39, 0.29) is 23.4 Å². The van der Waals surface area contributed by atoms with Gasteiger partial charge in [0.25, 0.3) is 5.91 Å². The molecule has 9 nitrogen and oxygen atoms in total. The lowest BCUT2D eigenvalue weighted by Crippen LogP contribution is -2.39. The van der Waals surface area contributed by atoms with Gasteiger partial charge in [-0.25, -0.2) is 23.9 Å². The number of aliphatic hydroxyl groups excluding tert-OH is 1. The number of aryl methyl sites for hydroxylation is 3. The number of benzene rings is 1. The average Bonchev–Trinajstić information content (AvgIpc) is 3.50. The molecule has 200 valence electrons. The monoisotopic (exact) mass is 527 g/mol. The molecule has 0 saturated carbocycles. The summed E-state index contributed by atoms with van der Waals surface area (Å²) < 4.78 is 16.3. The molecule has 0 unspecified atom stereocenters. The lowest BCUT2D eigenvalue weighted by molar-refractivity contribution is 0.0607. The predicted molar refractivity (Wildman–Crippen MR) is 145 cm³/mol. The molecule has 2 aliphatic heterocycles. The van der Waals surface area contributed by atoms with Gasteiger partial charge in [0.15, 0.2) is 5.65 Å². The molecule has 0 radical (unpaired) electrons. The first-order valence-corrected chi connectivity index (χ1v) is 13.2. The quantitative estimate of drug-likeness (QED) is 0.407. The maximum atomic E-state index is 14.6. The molecule has 10 heteroatoms. The highest BCUT2D eigenvalue weighted by molar-refractivity contribution is 6.05. The van der Waals surface area contributed by atoms with Crippen molar-refractivity contribution in [2.75, 3.05) is 24.5 Å². The van der Waals surface area contributed by atoms with Gasteiger partial charge in [0.1, 0.15) is 17.2 Å². The third-order valence-corrected chi connectivity index (χ3v) is 7.91. The van der Waals surface area contributed by atoms with E-state index in [0.717, 1.165) is 36.3 Å². The van der Waals surface area contributed by atoms with Crippen molar-refractivity contribution in [3.63, 3.8) is 0 Å². The van der Waals surface area contributed by atoms with Crippen molar-refractivity contribution in [2.45, 2.75) is 52.2 Å². The Hall–Kier alpha value is -4.10. The molecule has 3 aromatic heterocycles. The SMILES string of the molecule is C#C[C@@H]1CN(c2nc3cc([C@@H]4CCCCN4C(=O)c4cc(F)cc5nc(C)c(C)nc45)nn3cc2C)C[C@@H]1O. The van der Waals surface area contributed by atoms with Gasteiger partial charge in [-0.2, -0.15) is 5.10 Å². The van der Waals surface area contributed by atoms with Crippen molar-refractivity contribution < 1.29 is 14.3 Å². The molecular weight excluding hydrogens is 497 g/mol. The second-order valence-corrected chi connectivity index (χ2v) is 10.6. The standard InChI is InChI=1S/C29H30FN7O2/c1-5-19-14-35(15-25(19)38)28-16(2)13-37-26(33-28)12-22(34-37)24-8-6-7-9-36(24)29(39)21-10-20(30)11-23-27(21)32-18(4)17(3)31-23/h1,10-13,19,24-25,38H,6-9,14-15H2,2-4H3/t19-,24+,25+/m1/s1. The Morgan fingerprint density at radius 2 is 1.90 bits per heavy atom. The second-order valence-electron chi connectivity index (χ2n) is 10.6. The third-order valence-electron chi connectivity index (χ3n) is 7.91. The van der Waals surface area contributed by atoms with Crippen molar-refractivity contribution >= 4 is 28.4 Å². The fraction of sp³-hybridized carbons (Fsp3) is 0.414. The number of rotatable bonds is 3. The van der Waals surface area contributed by atoms with Crippen LogP contribution in [0.2, 0.25) is 0 Å². The Balaban J connectivity index is 1.36. The zero-order valence-electron chi connectivity index (χ0n) is 22.2. The lowest BCUT2D eigenvalue weighted by atomic mass is 9.97. The van der Waals surface area contributed by atoms with Gasteiger partial charge in [-0.1, -0.05) is 5.92 Å². The number of amides is 1. The lowest BCUT2D eigenvalue weighted by Gasteiger charge is -2.35. The molecule has 1 aromatic carbocycles. The number of nitrogens with zero attached hydrogens (tertiary/aromatic N) is 7. The first-order chi connectivity index (χ1) is 18.7. The molecule has 0 bridgehead atoms. The average molecular weight is 528 g/mol. The van der Waals surface area contributed by atoms with E-state index < -0.39 is 11.9 Å². The minimum Gasteiger partial charge on any atom is -0.390 e. The van der Waals surface area contributed by atoms with E-state index in [1.807, 2.05) is 37.9 Å². The Labute approximate surface area is 225 Å². The van der Waals surface area contributed by atoms with Crippen LogP contribution in [-0.4, -0.2) is 66.2 Å². The van der Waals surface area contributed by atoms with E-state index in [1.54, 1.807) is 9.42 Å². The largest absolute Gasteiger partial charge is 0.390 e. The zero-order valence-corrected chi connectivity index (χ0v) is 22.2. The van der Waals surface area contributed by atoms with E-state index in [2.05, 4.69) is 15.9 Å². The number of anilines is 1. The fourth-order valence-corrected chi connectivity index (χ4v) is 5.72. The number of aliphatic hydroxyl groups is 1. The molecule has 0 aliphatic carbocycles. The topological polar surface area (TPSA) is 99.8 Å². The maximum absolute atomic E-state index is 14.6. The van der Waals surface area contributed by atoms with Gasteiger partial charge >= 0.3 is 0 Å². The third kappa shape index (κ3) is 4.36. The van der Waals surface area contributed by atoms with Crippen LogP contribution in [0.25, 0.3) is 16.7 Å². The summed E-state index contributed by atoms with van der Waals surface area (Å²) in [5.74, 6) is 2.39. The fourth-order valence-electron chi connectivity index (χ4n) is 5.72. The molecule has 0 spiro atoms. The summed E-state index contributed by atoms with van der Waals surface area (Å²) in [6, 6.07) is 4.20. The predicted octanol–water partition coefficient (Wildman–Crippen LogP) is 3.53. The minimum absolute atomic E-state index is 0.211. The molecule has 2 aliphatic rings. The summed E-state index contributed by atoms with van der Waals surface area (Å²) in [6.07, 6.45) is 9.43. The number of hydrogen-bond acceptors (Lipinski definition) is 7. The highest BCUT2D eigenvalue weighted by Crippen LogP contribution is 2.34. The van der Waals surface area contributed by atoms with Crippen molar-refractivity contribution in [2.24, 2.45) is 5.92 Å². The number of piperidine rings is 1. The smallest absolute Gasteiger partial charge is 0.256 e. The molecule has 3 atom stereocenters. The zero-order chi connectivity index (χ0) is 27.4. The van der Waals surface area contributed by atoms with E-state index in [1.165, 1.54) is 12.1 Å². The van der Waals surface area contributed by atoms with Gasteiger partial charge in [-0.15, -0.1) is 6.42 Å². The van der Waals surface area contributed by atoms with Crippen LogP contribution in [0.1, 0.15) is 58.3 Å². The van der Waals surface area contributed by atoms with Crippen LogP contribution in [0.3, 0.4) is 0 Å². The number of carbonyl (C=O) groups excluding carboxylic acids is 1. The number of halogens is 1. The molecule has 4 aromatic rings. The highest BCUT2D eigenvalue weighted by Gasteiger charge is 2.34. The number of β-amino-alcohol motifs (C(OH)–C–C–N with tert-alkyl or cyclic N) is 1. The highest BCUT2D eigenvalue weighted by atomic mass is 19.1. The number of carbonyl (C=O) groups is 1. The Morgan fingerprint density at radius 3 is 2.67 bits per heavy atom. The van der Waals surface area contributed by atoms with Crippen molar-refractivity contribution in [1.29, 1.82) is 0 Å². The van der Waals surface area contributed by atoms with Crippen LogP contribution >= 0.6 is 0 Å². The van der Waals surface area contributed by atoms with Gasteiger partial charge in [0.2, 0.25) is 0 Å². The summed E-state index contributed by atoms with van der Waals surface area (Å²) in [4.78, 5) is 31.6. The maximum Gasteiger partial charge on any atom is 0.256 e. The number of likely N-dealkylation sites (tertiary alicyclic amines) is 1. The molecule has 2 saturated heterocycles. The van der Waals surface area contributed by atoms with Gasteiger partial charge in [0.05, 0.1) is 46.2 Å². The van der Waals surface area contributed by atoms with Crippen LogP contribution in [0, 0.1) is 44.9 Å². The van der Waals surface area contributed by atoms with Gasteiger partial charge in [-0.3, -0.25) is 4.79 Å². The number of aromatic nitrogens is 5. The summed E-state index contributed by atoms with van der Waals surface area (Å²) in [7, 11) is 0. The Kier molecular flexibility index (Phi) is 6.19. The summed E-state index contributed by atoms with van der Waals surface area (Å²) in [6.45, 7) is 7.10. The molecule has 2 fully saturated rings. The van der Waals surface area contributed by atoms with Gasteiger partial charge in [-0.05, 0) is 46.1 Å². The van der Waals surface area contributed by atoms with E-state index in [0.29, 0.717) is 47.7 Å². The van der Waals surface area contributed by atoms with Crippen molar-refractivity contribution in [3.8, 4) is 12.3 Å². The van der Waals surface area contributed by atoms with Gasteiger partial charge in [0, 0.05) is 43.5 Å². The molecule has 6 rings (SSSR count). The normalized spacial score (nSPS) is 21.6. The number of hydrogen-bond donors (Lipinski definition) is 1. The van der Waals surface area contributed by atoms with E-state index in [9.17, 15) is 14.3 Å². The Morgan fingerprint density at radius 1 is 1.10 bits per heavy atom. The first kappa shape index (κ1) is 25.2. The minimum atomic E-state index is -0.592. The second kappa shape index (κ2) is 9.58. The molecular formula is C29H30FN7O2. The van der Waals surface area contributed by atoms with E-state index in [4.69, 9.17) is 16.5 Å². The summed E-state index contributed by atoms with van der Waals surface area (Å²) in [5.41, 5.74) is 4.68. The van der Waals surface area contributed by atoms with Crippen LogP contribution in [0.5, 0.6) is 0 Å². The molecule has 1 amide bonds. The molecule has 5 heterocycles. The number of fused-ring (bicyclic) bond motifs is 2. The van der Waals surface area contributed by atoms with Crippen LogP contribution in [-0.2, 0) is 0 Å². The van der Waals surface area contributed by atoms with Crippen LogP contribution in [0.4, 0.5) is 10.2 Å². The van der Waals surface area contributed by atoms with Gasteiger partial charge < -0.3 is 14.9 Å². The van der Waals surface area contributed by atoms with Crippen LogP contribution in [0.15, 0.2) is 24.4 Å². The van der Waals surface area contributed by atoms with Crippen molar-refractivity contribution in [3.05, 3.63) is 58.4 Å². The molecule has 1 N–H and O–H groups in total. The Bertz CT molecular complexity index is 1660. The van der Waals surface area contributed by atoms with E-state index >= 15 is 0 Å².